The lowest BCUT2D eigenvalue weighted by Gasteiger charge is -1.97. The first-order valence-electron chi connectivity index (χ1n) is 4.74. The van der Waals surface area contributed by atoms with E-state index >= 15 is 0 Å². The van der Waals surface area contributed by atoms with Crippen molar-refractivity contribution in [2.24, 2.45) is 0 Å². The minimum atomic E-state index is 0.618. The molecule has 0 spiro atoms. The molecule has 1 aromatic carbocycles. The fraction of sp³-hybridized carbons (Fsp3) is 0. The quantitative estimate of drug-likeness (QED) is 0.556. The van der Waals surface area contributed by atoms with E-state index in [-0.39, 0.29) is 0 Å². The van der Waals surface area contributed by atoms with E-state index in [0.29, 0.717) is 16.4 Å². The van der Waals surface area contributed by atoms with Crippen LogP contribution in [-0.2, 0) is 0 Å². The Morgan fingerprint density at radius 2 is 2.00 bits per heavy atom. The Morgan fingerprint density at radius 1 is 1.12 bits per heavy atom. The largest absolute Gasteiger partial charge is 0.398 e. The molecular formula is C13H9ClN2. The van der Waals surface area contributed by atoms with E-state index in [2.05, 4.69) is 16.8 Å². The van der Waals surface area contributed by atoms with Crippen LogP contribution in [0.4, 0.5) is 5.69 Å². The zero-order chi connectivity index (χ0) is 11.4. The number of aromatic nitrogens is 1. The van der Waals surface area contributed by atoms with E-state index in [1.54, 1.807) is 24.4 Å². The van der Waals surface area contributed by atoms with Crippen LogP contribution in [0.25, 0.3) is 0 Å². The molecule has 1 aromatic heterocycles. The summed E-state index contributed by atoms with van der Waals surface area (Å²) in [4.78, 5) is 4.10. The van der Waals surface area contributed by atoms with Crippen LogP contribution in [0.3, 0.4) is 0 Å². The molecule has 0 aliphatic rings. The lowest BCUT2D eigenvalue weighted by atomic mass is 10.2. The second-order valence-electron chi connectivity index (χ2n) is 3.20. The number of benzene rings is 1. The van der Waals surface area contributed by atoms with Gasteiger partial charge in [-0.15, -0.1) is 0 Å². The minimum absolute atomic E-state index is 0.618. The molecule has 2 rings (SSSR count). The number of anilines is 1. The number of nitrogens with zero attached hydrogens (tertiary/aromatic N) is 1. The minimum Gasteiger partial charge on any atom is -0.398 e. The van der Waals surface area contributed by atoms with Crippen molar-refractivity contribution >= 4 is 17.3 Å². The summed E-state index contributed by atoms with van der Waals surface area (Å²) in [6.07, 6.45) is 1.70. The summed E-state index contributed by atoms with van der Waals surface area (Å²) in [5, 5.41) is 0.625. The molecule has 78 valence electrons. The van der Waals surface area contributed by atoms with Crippen molar-refractivity contribution in [1.29, 1.82) is 0 Å². The van der Waals surface area contributed by atoms with Gasteiger partial charge in [-0.25, -0.2) is 4.98 Å². The molecule has 0 saturated heterocycles. The topological polar surface area (TPSA) is 38.9 Å². The first kappa shape index (κ1) is 10.5. The van der Waals surface area contributed by atoms with Crippen LogP contribution in [0.2, 0.25) is 5.02 Å². The van der Waals surface area contributed by atoms with E-state index in [0.717, 1.165) is 5.56 Å². The maximum absolute atomic E-state index is 5.86. The third-order valence-electron chi connectivity index (χ3n) is 2.01. The summed E-state index contributed by atoms with van der Waals surface area (Å²) in [7, 11) is 0. The summed E-state index contributed by atoms with van der Waals surface area (Å²) in [6, 6.07) is 10.8. The zero-order valence-electron chi connectivity index (χ0n) is 8.44. The van der Waals surface area contributed by atoms with Gasteiger partial charge in [-0.2, -0.15) is 0 Å². The molecule has 16 heavy (non-hydrogen) atoms. The van der Waals surface area contributed by atoms with E-state index < -0.39 is 0 Å². The molecule has 0 unspecified atom stereocenters. The van der Waals surface area contributed by atoms with Crippen LogP contribution >= 0.6 is 11.6 Å². The van der Waals surface area contributed by atoms with Gasteiger partial charge in [0.25, 0.3) is 0 Å². The number of halogens is 1. The van der Waals surface area contributed by atoms with Crippen molar-refractivity contribution < 1.29 is 0 Å². The monoisotopic (exact) mass is 228 g/mol. The summed E-state index contributed by atoms with van der Waals surface area (Å²) in [6.45, 7) is 0. The average Bonchev–Trinajstić information content (AvgIpc) is 2.32. The smallest absolute Gasteiger partial charge is 0.113 e. The molecule has 0 fully saturated rings. The van der Waals surface area contributed by atoms with Gasteiger partial charge in [0.2, 0.25) is 0 Å². The van der Waals surface area contributed by atoms with Crippen LogP contribution < -0.4 is 5.73 Å². The summed E-state index contributed by atoms with van der Waals surface area (Å²) in [5.74, 6) is 5.88. The fourth-order valence-electron chi connectivity index (χ4n) is 1.20. The van der Waals surface area contributed by atoms with E-state index in [4.69, 9.17) is 17.3 Å². The summed E-state index contributed by atoms with van der Waals surface area (Å²) < 4.78 is 0. The molecular weight excluding hydrogens is 220 g/mol. The molecule has 0 atom stereocenters. The van der Waals surface area contributed by atoms with Crippen molar-refractivity contribution in [2.75, 3.05) is 5.73 Å². The van der Waals surface area contributed by atoms with Gasteiger partial charge in [-0.05, 0) is 36.3 Å². The Balaban J connectivity index is 2.34. The van der Waals surface area contributed by atoms with Gasteiger partial charge >= 0.3 is 0 Å². The van der Waals surface area contributed by atoms with Crippen LogP contribution in [-0.4, -0.2) is 4.98 Å². The molecule has 2 N–H and O–H groups in total. The maximum atomic E-state index is 5.86. The van der Waals surface area contributed by atoms with Gasteiger partial charge < -0.3 is 5.73 Å². The van der Waals surface area contributed by atoms with Gasteiger partial charge in [0, 0.05) is 22.5 Å². The van der Waals surface area contributed by atoms with Gasteiger partial charge in [-0.3, -0.25) is 0 Å². The highest BCUT2D eigenvalue weighted by Crippen LogP contribution is 2.16. The number of hydrogen-bond acceptors (Lipinski definition) is 2. The molecule has 0 amide bonds. The fourth-order valence-corrected chi connectivity index (χ4v) is 1.38. The average molecular weight is 229 g/mol. The molecule has 0 aliphatic carbocycles. The molecule has 0 bridgehead atoms. The predicted molar refractivity (Wildman–Crippen MR) is 66.1 cm³/mol. The zero-order valence-corrected chi connectivity index (χ0v) is 9.20. The molecule has 1 heterocycles. The maximum Gasteiger partial charge on any atom is 0.113 e. The summed E-state index contributed by atoms with van der Waals surface area (Å²) in [5.41, 5.74) is 7.82. The van der Waals surface area contributed by atoms with Crippen molar-refractivity contribution in [1.82, 2.24) is 4.98 Å². The van der Waals surface area contributed by atoms with Crippen molar-refractivity contribution in [3.05, 3.63) is 58.9 Å². The van der Waals surface area contributed by atoms with Crippen LogP contribution in [0, 0.1) is 11.8 Å². The van der Waals surface area contributed by atoms with Gasteiger partial charge in [0.05, 0.1) is 0 Å². The number of nitrogens with two attached hydrogens (primary N) is 1. The molecule has 0 aliphatic heterocycles. The Bertz CT molecular complexity index is 553. The highest BCUT2D eigenvalue weighted by atomic mass is 35.5. The van der Waals surface area contributed by atoms with Crippen molar-refractivity contribution in [3.8, 4) is 11.8 Å². The second kappa shape index (κ2) is 4.69. The Hall–Kier alpha value is -1.98. The standard InChI is InChI=1S/C13H9ClN2/c14-11-5-7-13(15)10(9-11)4-6-12-3-1-2-8-16-12/h1-3,5,7-9H,15H2. The van der Waals surface area contributed by atoms with E-state index in [9.17, 15) is 0 Å². The lowest BCUT2D eigenvalue weighted by molar-refractivity contribution is 1.29. The third-order valence-corrected chi connectivity index (χ3v) is 2.24. The third kappa shape index (κ3) is 2.53. The van der Waals surface area contributed by atoms with Crippen LogP contribution in [0.15, 0.2) is 42.6 Å². The summed E-state index contributed by atoms with van der Waals surface area (Å²) >= 11 is 5.86. The normalized spacial score (nSPS) is 9.31. The molecule has 2 aromatic rings. The first-order chi connectivity index (χ1) is 7.75. The molecule has 0 saturated carbocycles. The van der Waals surface area contributed by atoms with Crippen LogP contribution in [0.5, 0.6) is 0 Å². The predicted octanol–water partition coefficient (Wildman–Crippen LogP) is 2.72. The first-order valence-corrected chi connectivity index (χ1v) is 5.11. The number of rotatable bonds is 0. The molecule has 0 radical (unpaired) electrons. The van der Waals surface area contributed by atoms with Crippen molar-refractivity contribution in [3.63, 3.8) is 0 Å². The van der Waals surface area contributed by atoms with Gasteiger partial charge in [0.15, 0.2) is 0 Å². The van der Waals surface area contributed by atoms with E-state index in [1.807, 2.05) is 18.2 Å². The highest BCUT2D eigenvalue weighted by molar-refractivity contribution is 6.30. The number of hydrogen-bond donors (Lipinski definition) is 1. The van der Waals surface area contributed by atoms with Gasteiger partial charge in [-0.1, -0.05) is 23.6 Å². The SMILES string of the molecule is Nc1ccc(Cl)cc1C#Cc1ccccn1. The lowest BCUT2D eigenvalue weighted by Crippen LogP contribution is -1.89. The Kier molecular flexibility index (Phi) is 3.09. The van der Waals surface area contributed by atoms with Crippen LogP contribution in [0.1, 0.15) is 11.3 Å². The Morgan fingerprint density at radius 3 is 2.75 bits per heavy atom. The Labute approximate surface area is 99.1 Å². The van der Waals surface area contributed by atoms with Crippen molar-refractivity contribution in [2.45, 2.75) is 0 Å². The molecule has 3 heteroatoms. The number of nitrogen functional groups attached to an aromatic ring is 1. The van der Waals surface area contributed by atoms with E-state index in [1.165, 1.54) is 0 Å². The second-order valence-corrected chi connectivity index (χ2v) is 3.63. The van der Waals surface area contributed by atoms with Gasteiger partial charge in [0.1, 0.15) is 5.69 Å². The molecule has 2 nitrogen and oxygen atoms in total. The highest BCUT2D eigenvalue weighted by Gasteiger charge is 1.96. The number of pyridine rings is 1.